The van der Waals surface area contributed by atoms with Gasteiger partial charge in [-0.25, -0.2) is 4.39 Å². The topological polar surface area (TPSA) is 23.6 Å². The largest absolute Gasteiger partial charge is 0.311 e. The van der Waals surface area contributed by atoms with E-state index < -0.39 is 6.17 Å². The van der Waals surface area contributed by atoms with E-state index in [0.717, 1.165) is 23.1 Å². The number of carbonyl (C=O) groups is 1. The summed E-state index contributed by atoms with van der Waals surface area (Å²) in [6.07, 6.45) is 0.679. The molecular weight excluding hydrogens is 343 g/mol. The first-order chi connectivity index (χ1) is 9.13. The molecule has 1 saturated heterocycles. The Balaban J connectivity index is 0.00000147. The van der Waals surface area contributed by atoms with Gasteiger partial charge in [-0.1, -0.05) is 15.9 Å². The summed E-state index contributed by atoms with van der Waals surface area (Å²) in [7, 11) is 0. The van der Waals surface area contributed by atoms with E-state index in [1.54, 1.807) is 0 Å². The van der Waals surface area contributed by atoms with Crippen LogP contribution in [-0.2, 0) is 11.2 Å². The van der Waals surface area contributed by atoms with Gasteiger partial charge in [0, 0.05) is 29.8 Å². The van der Waals surface area contributed by atoms with Crippen LogP contribution in [0.1, 0.15) is 12.0 Å². The molecule has 1 fully saturated rings. The maximum absolute atomic E-state index is 13.1. The van der Waals surface area contributed by atoms with Gasteiger partial charge in [0.2, 0.25) is 5.91 Å². The smallest absolute Gasteiger partial charge is 0.241 e. The minimum absolute atomic E-state index is 0. The molecule has 1 atom stereocenters. The summed E-state index contributed by atoms with van der Waals surface area (Å²) in [4.78, 5) is 16.0. The quantitative estimate of drug-likeness (QED) is 0.808. The van der Waals surface area contributed by atoms with Crippen LogP contribution < -0.4 is 4.90 Å². The predicted molar refractivity (Wildman–Crippen MR) is 86.5 cm³/mol. The SMILES string of the molecule is O=C(CN1CC[C@H](F)C1)N1CCc2cc(Br)ccc21.S. The molecule has 2 aliphatic heterocycles. The molecule has 20 heavy (non-hydrogen) atoms. The molecular formula is C14H18BrFN2OS. The minimum Gasteiger partial charge on any atom is -0.311 e. The molecule has 0 bridgehead atoms. The number of halogens is 2. The molecule has 110 valence electrons. The highest BCUT2D eigenvalue weighted by Gasteiger charge is 2.29. The minimum atomic E-state index is -0.769. The first-order valence-corrected chi connectivity index (χ1v) is 7.38. The van der Waals surface area contributed by atoms with Crippen molar-refractivity contribution in [3.63, 3.8) is 0 Å². The van der Waals surface area contributed by atoms with E-state index in [1.165, 1.54) is 5.56 Å². The molecule has 0 unspecified atom stereocenters. The summed E-state index contributed by atoms with van der Waals surface area (Å²) in [6, 6.07) is 6.00. The van der Waals surface area contributed by atoms with Crippen molar-refractivity contribution in [1.29, 1.82) is 0 Å². The van der Waals surface area contributed by atoms with Crippen molar-refractivity contribution in [2.24, 2.45) is 0 Å². The summed E-state index contributed by atoms with van der Waals surface area (Å²) >= 11 is 3.45. The molecule has 0 radical (unpaired) electrons. The molecule has 0 saturated carbocycles. The van der Waals surface area contributed by atoms with E-state index >= 15 is 0 Å². The van der Waals surface area contributed by atoms with Gasteiger partial charge in [0.1, 0.15) is 6.17 Å². The van der Waals surface area contributed by atoms with Gasteiger partial charge in [-0.05, 0) is 36.6 Å². The van der Waals surface area contributed by atoms with Crippen molar-refractivity contribution in [3.05, 3.63) is 28.2 Å². The highest BCUT2D eigenvalue weighted by Crippen LogP contribution is 2.30. The Morgan fingerprint density at radius 3 is 2.90 bits per heavy atom. The second-order valence-electron chi connectivity index (χ2n) is 5.19. The van der Waals surface area contributed by atoms with Crippen molar-refractivity contribution in [3.8, 4) is 0 Å². The number of alkyl halides is 1. The molecule has 1 amide bonds. The summed E-state index contributed by atoms with van der Waals surface area (Å²) in [5, 5.41) is 0. The number of fused-ring (bicyclic) bond motifs is 1. The van der Waals surface area contributed by atoms with E-state index in [2.05, 4.69) is 22.0 Å². The standard InChI is InChI=1S/C14H16BrFN2O.H2S/c15-11-1-2-13-10(7-11)3-6-18(13)14(19)9-17-5-4-12(16)8-17;/h1-2,7,12H,3-6,8-9H2;1H2/t12-;/m0./s1. The Morgan fingerprint density at radius 1 is 1.40 bits per heavy atom. The number of rotatable bonds is 2. The second kappa shape index (κ2) is 6.45. The zero-order valence-corrected chi connectivity index (χ0v) is 13.7. The van der Waals surface area contributed by atoms with Crippen LogP contribution in [0.3, 0.4) is 0 Å². The van der Waals surface area contributed by atoms with Gasteiger partial charge in [0.05, 0.1) is 6.54 Å². The number of hydrogen-bond acceptors (Lipinski definition) is 2. The Hall–Kier alpha value is -0.590. The lowest BCUT2D eigenvalue weighted by atomic mass is 10.2. The summed E-state index contributed by atoms with van der Waals surface area (Å²) in [5.74, 6) is 0.0789. The molecule has 0 aliphatic carbocycles. The van der Waals surface area contributed by atoms with Crippen molar-refractivity contribution in [1.82, 2.24) is 4.90 Å². The lowest BCUT2D eigenvalue weighted by Gasteiger charge is -2.21. The molecule has 3 nitrogen and oxygen atoms in total. The average molecular weight is 361 g/mol. The van der Waals surface area contributed by atoms with Crippen molar-refractivity contribution in [2.45, 2.75) is 19.0 Å². The van der Waals surface area contributed by atoms with Crippen LogP contribution in [0.5, 0.6) is 0 Å². The van der Waals surface area contributed by atoms with Gasteiger partial charge in [-0.15, -0.1) is 0 Å². The third-order valence-electron chi connectivity index (χ3n) is 3.81. The normalized spacial score (nSPS) is 21.7. The van der Waals surface area contributed by atoms with E-state index in [4.69, 9.17) is 0 Å². The Bertz CT molecular complexity index is 514. The molecule has 6 heteroatoms. The van der Waals surface area contributed by atoms with Gasteiger partial charge < -0.3 is 4.90 Å². The molecule has 0 N–H and O–H groups in total. The molecule has 3 rings (SSSR count). The van der Waals surface area contributed by atoms with Gasteiger partial charge >= 0.3 is 0 Å². The molecule has 0 spiro atoms. The number of amides is 1. The number of hydrogen-bond donors (Lipinski definition) is 0. The first kappa shape index (κ1) is 15.8. The second-order valence-corrected chi connectivity index (χ2v) is 6.11. The first-order valence-electron chi connectivity index (χ1n) is 6.59. The summed E-state index contributed by atoms with van der Waals surface area (Å²) < 4.78 is 14.2. The van der Waals surface area contributed by atoms with Gasteiger partial charge in [-0.3, -0.25) is 9.69 Å². The number of likely N-dealkylation sites (tertiary alicyclic amines) is 1. The Kier molecular flexibility index (Phi) is 5.09. The van der Waals surface area contributed by atoms with Crippen molar-refractivity contribution >= 4 is 41.0 Å². The van der Waals surface area contributed by atoms with E-state index in [-0.39, 0.29) is 19.4 Å². The molecule has 1 aromatic rings. The van der Waals surface area contributed by atoms with Crippen LogP contribution in [0, 0.1) is 0 Å². The third-order valence-corrected chi connectivity index (χ3v) is 4.31. The zero-order valence-electron chi connectivity index (χ0n) is 11.1. The molecule has 2 heterocycles. The highest BCUT2D eigenvalue weighted by molar-refractivity contribution is 9.10. The van der Waals surface area contributed by atoms with Crippen molar-refractivity contribution in [2.75, 3.05) is 31.1 Å². The highest BCUT2D eigenvalue weighted by atomic mass is 79.9. The van der Waals surface area contributed by atoms with Crippen LogP contribution in [0.15, 0.2) is 22.7 Å². The molecule has 2 aliphatic rings. The fourth-order valence-corrected chi connectivity index (χ4v) is 3.24. The number of nitrogens with zero attached hydrogens (tertiary/aromatic N) is 2. The Labute approximate surface area is 133 Å². The fraction of sp³-hybridized carbons (Fsp3) is 0.500. The van der Waals surface area contributed by atoms with E-state index in [0.29, 0.717) is 26.1 Å². The maximum atomic E-state index is 13.1. The number of carbonyl (C=O) groups excluding carboxylic acids is 1. The van der Waals surface area contributed by atoms with Crippen LogP contribution >= 0.6 is 29.4 Å². The molecule has 0 aromatic heterocycles. The summed E-state index contributed by atoms with van der Waals surface area (Å²) in [6.45, 7) is 2.15. The van der Waals surface area contributed by atoms with Gasteiger partial charge in [-0.2, -0.15) is 13.5 Å². The van der Waals surface area contributed by atoms with Crippen molar-refractivity contribution < 1.29 is 9.18 Å². The van der Waals surface area contributed by atoms with Crippen LogP contribution in [0.25, 0.3) is 0 Å². The third kappa shape index (κ3) is 3.18. The van der Waals surface area contributed by atoms with Crippen LogP contribution in [-0.4, -0.2) is 43.2 Å². The monoisotopic (exact) mass is 360 g/mol. The van der Waals surface area contributed by atoms with Crippen LogP contribution in [0.2, 0.25) is 0 Å². The zero-order chi connectivity index (χ0) is 13.4. The number of benzene rings is 1. The van der Waals surface area contributed by atoms with Gasteiger partial charge in [0.15, 0.2) is 0 Å². The Morgan fingerprint density at radius 2 is 2.20 bits per heavy atom. The molecule has 1 aromatic carbocycles. The maximum Gasteiger partial charge on any atom is 0.241 e. The average Bonchev–Trinajstić information content (AvgIpc) is 2.95. The lowest BCUT2D eigenvalue weighted by molar-refractivity contribution is -0.119. The predicted octanol–water partition coefficient (Wildman–Crippen LogP) is 2.49. The fourth-order valence-electron chi connectivity index (χ4n) is 2.84. The van der Waals surface area contributed by atoms with Gasteiger partial charge in [0.25, 0.3) is 0 Å². The van der Waals surface area contributed by atoms with E-state index in [9.17, 15) is 9.18 Å². The van der Waals surface area contributed by atoms with E-state index in [1.807, 2.05) is 21.9 Å². The summed E-state index contributed by atoms with van der Waals surface area (Å²) in [5.41, 5.74) is 2.21. The van der Waals surface area contributed by atoms with Crippen LogP contribution in [0.4, 0.5) is 10.1 Å². The number of anilines is 1. The lowest BCUT2D eigenvalue weighted by Crippen LogP contribution is -2.38.